The van der Waals surface area contributed by atoms with Gasteiger partial charge in [0.15, 0.2) is 0 Å². The van der Waals surface area contributed by atoms with Gasteiger partial charge in [-0.15, -0.1) is 0 Å². The molecule has 0 atom stereocenters. The monoisotopic (exact) mass is 331 g/mol. The van der Waals surface area contributed by atoms with Gasteiger partial charge >= 0.3 is 0 Å². The SMILES string of the molecule is CC(C)c1ccc(Cc2cc3[nH]ccc3c3c(N)nc(N)nc23)cc1. The van der Waals surface area contributed by atoms with Crippen molar-refractivity contribution in [3.63, 3.8) is 0 Å². The second kappa shape index (κ2) is 5.77. The van der Waals surface area contributed by atoms with Crippen LogP contribution in [0.15, 0.2) is 42.6 Å². The molecule has 5 heteroatoms. The number of benzene rings is 2. The van der Waals surface area contributed by atoms with Crippen molar-refractivity contribution in [2.75, 3.05) is 11.5 Å². The molecule has 4 aromatic rings. The Morgan fingerprint density at radius 2 is 1.80 bits per heavy atom. The number of hydrogen-bond acceptors (Lipinski definition) is 4. The molecule has 0 bridgehead atoms. The number of H-pyrrole nitrogens is 1. The number of aromatic nitrogens is 3. The summed E-state index contributed by atoms with van der Waals surface area (Å²) < 4.78 is 0. The van der Waals surface area contributed by atoms with E-state index in [0.29, 0.717) is 11.7 Å². The highest BCUT2D eigenvalue weighted by Crippen LogP contribution is 2.32. The summed E-state index contributed by atoms with van der Waals surface area (Å²) >= 11 is 0. The lowest BCUT2D eigenvalue weighted by atomic mass is 9.97. The summed E-state index contributed by atoms with van der Waals surface area (Å²) in [7, 11) is 0. The molecule has 25 heavy (non-hydrogen) atoms. The third-order valence-corrected chi connectivity index (χ3v) is 4.67. The second-order valence-corrected chi connectivity index (χ2v) is 6.74. The summed E-state index contributed by atoms with van der Waals surface area (Å²) in [5.41, 5.74) is 17.5. The molecular formula is C20H21N5. The van der Waals surface area contributed by atoms with E-state index >= 15 is 0 Å². The maximum Gasteiger partial charge on any atom is 0.222 e. The van der Waals surface area contributed by atoms with Crippen LogP contribution in [0.1, 0.15) is 36.5 Å². The molecule has 0 saturated carbocycles. The first kappa shape index (κ1) is 15.4. The van der Waals surface area contributed by atoms with Crippen molar-refractivity contribution in [1.82, 2.24) is 15.0 Å². The number of nitrogen functional groups attached to an aromatic ring is 2. The van der Waals surface area contributed by atoms with Crippen LogP contribution in [0.25, 0.3) is 21.8 Å². The molecule has 2 aromatic heterocycles. The maximum absolute atomic E-state index is 6.15. The van der Waals surface area contributed by atoms with Gasteiger partial charge in [0.25, 0.3) is 0 Å². The van der Waals surface area contributed by atoms with Gasteiger partial charge in [0.1, 0.15) is 5.82 Å². The van der Waals surface area contributed by atoms with Crippen molar-refractivity contribution in [1.29, 1.82) is 0 Å². The summed E-state index contributed by atoms with van der Waals surface area (Å²) in [6.45, 7) is 4.40. The van der Waals surface area contributed by atoms with Gasteiger partial charge in [-0.25, -0.2) is 4.98 Å². The van der Waals surface area contributed by atoms with Crippen LogP contribution in [0.4, 0.5) is 11.8 Å². The Balaban J connectivity index is 1.87. The van der Waals surface area contributed by atoms with Gasteiger partial charge in [-0.1, -0.05) is 38.1 Å². The predicted molar refractivity (Wildman–Crippen MR) is 104 cm³/mol. The molecule has 0 fully saturated rings. The molecular weight excluding hydrogens is 310 g/mol. The third kappa shape index (κ3) is 2.67. The summed E-state index contributed by atoms with van der Waals surface area (Å²) in [5.74, 6) is 1.15. The first-order valence-corrected chi connectivity index (χ1v) is 8.43. The Kier molecular flexibility index (Phi) is 3.57. The van der Waals surface area contributed by atoms with Crippen LogP contribution in [0, 0.1) is 0 Å². The topological polar surface area (TPSA) is 93.6 Å². The molecule has 0 spiro atoms. The largest absolute Gasteiger partial charge is 0.383 e. The van der Waals surface area contributed by atoms with Gasteiger partial charge in [0.05, 0.1) is 10.9 Å². The molecule has 0 radical (unpaired) electrons. The van der Waals surface area contributed by atoms with Gasteiger partial charge in [0, 0.05) is 17.1 Å². The lowest BCUT2D eigenvalue weighted by Gasteiger charge is -2.11. The zero-order valence-electron chi connectivity index (χ0n) is 14.4. The van der Waals surface area contributed by atoms with Gasteiger partial charge in [0.2, 0.25) is 5.95 Å². The second-order valence-electron chi connectivity index (χ2n) is 6.74. The minimum atomic E-state index is 0.205. The number of anilines is 2. The zero-order valence-corrected chi connectivity index (χ0v) is 14.4. The van der Waals surface area contributed by atoms with Crippen LogP contribution in [0.5, 0.6) is 0 Å². The lowest BCUT2D eigenvalue weighted by Crippen LogP contribution is -2.03. The minimum Gasteiger partial charge on any atom is -0.383 e. The molecule has 0 unspecified atom stereocenters. The summed E-state index contributed by atoms with van der Waals surface area (Å²) in [4.78, 5) is 11.9. The quantitative estimate of drug-likeness (QED) is 0.529. The van der Waals surface area contributed by atoms with Crippen molar-refractivity contribution in [3.05, 3.63) is 59.3 Å². The van der Waals surface area contributed by atoms with Crippen LogP contribution in [-0.4, -0.2) is 15.0 Å². The number of rotatable bonds is 3. The molecule has 126 valence electrons. The normalized spacial score (nSPS) is 11.6. The number of aromatic amines is 1. The molecule has 0 aliphatic carbocycles. The Morgan fingerprint density at radius 3 is 2.52 bits per heavy atom. The molecule has 5 nitrogen and oxygen atoms in total. The fourth-order valence-corrected chi connectivity index (χ4v) is 3.33. The molecule has 5 N–H and O–H groups in total. The van der Waals surface area contributed by atoms with E-state index in [1.54, 1.807) is 0 Å². The Bertz CT molecular complexity index is 1060. The van der Waals surface area contributed by atoms with Crippen molar-refractivity contribution in [2.24, 2.45) is 0 Å². The van der Waals surface area contributed by atoms with E-state index in [4.69, 9.17) is 11.5 Å². The first-order chi connectivity index (χ1) is 12.0. The molecule has 0 aliphatic heterocycles. The first-order valence-electron chi connectivity index (χ1n) is 8.43. The van der Waals surface area contributed by atoms with Crippen molar-refractivity contribution in [3.8, 4) is 0 Å². The van der Waals surface area contributed by atoms with Crippen LogP contribution in [0.3, 0.4) is 0 Å². The zero-order chi connectivity index (χ0) is 17.6. The van der Waals surface area contributed by atoms with E-state index in [9.17, 15) is 0 Å². The van der Waals surface area contributed by atoms with Crippen LogP contribution in [0.2, 0.25) is 0 Å². The Morgan fingerprint density at radius 1 is 1.04 bits per heavy atom. The number of hydrogen-bond donors (Lipinski definition) is 3. The molecule has 0 saturated heterocycles. The van der Waals surface area contributed by atoms with E-state index in [0.717, 1.165) is 33.8 Å². The minimum absolute atomic E-state index is 0.205. The number of nitrogens with one attached hydrogen (secondary N) is 1. The van der Waals surface area contributed by atoms with Gasteiger partial charge in [-0.2, -0.15) is 4.98 Å². The Labute approximate surface area is 146 Å². The molecule has 0 aliphatic rings. The summed E-state index contributed by atoms with van der Waals surface area (Å²) in [6.07, 6.45) is 2.67. The predicted octanol–water partition coefficient (Wildman–Crippen LogP) is 3.99. The van der Waals surface area contributed by atoms with E-state index in [2.05, 4.69) is 59.1 Å². The summed E-state index contributed by atoms with van der Waals surface area (Å²) in [6, 6.07) is 12.8. The smallest absolute Gasteiger partial charge is 0.222 e. The van der Waals surface area contributed by atoms with Gasteiger partial charge < -0.3 is 16.5 Å². The average Bonchev–Trinajstić information content (AvgIpc) is 3.03. The highest BCUT2D eigenvalue weighted by molar-refractivity contribution is 6.11. The maximum atomic E-state index is 6.15. The van der Waals surface area contributed by atoms with Gasteiger partial charge in [-0.3, -0.25) is 0 Å². The van der Waals surface area contributed by atoms with Crippen LogP contribution in [-0.2, 0) is 6.42 Å². The number of nitrogens with zero attached hydrogens (tertiary/aromatic N) is 2. The fourth-order valence-electron chi connectivity index (χ4n) is 3.33. The van der Waals surface area contributed by atoms with Crippen LogP contribution < -0.4 is 11.5 Å². The number of fused-ring (bicyclic) bond motifs is 3. The average molecular weight is 331 g/mol. The third-order valence-electron chi connectivity index (χ3n) is 4.67. The van der Waals surface area contributed by atoms with E-state index in [1.807, 2.05) is 12.3 Å². The molecule has 4 rings (SSSR count). The standard InChI is InChI=1S/C20H21N5/c1-11(2)13-5-3-12(4-6-13)9-14-10-16-15(7-8-23-16)17-18(14)24-20(22)25-19(17)21/h3-8,10-11,23H,9H2,1-2H3,(H4,21,22,24,25). The summed E-state index contributed by atoms with van der Waals surface area (Å²) in [5, 5.41) is 1.88. The lowest BCUT2D eigenvalue weighted by molar-refractivity contribution is 0.865. The molecule has 2 heterocycles. The molecule has 2 aromatic carbocycles. The van der Waals surface area contributed by atoms with E-state index in [1.165, 1.54) is 11.1 Å². The van der Waals surface area contributed by atoms with Crippen LogP contribution >= 0.6 is 0 Å². The highest BCUT2D eigenvalue weighted by Gasteiger charge is 2.14. The molecule has 0 amide bonds. The number of nitrogens with two attached hydrogens (primary N) is 2. The Hall–Kier alpha value is -3.08. The van der Waals surface area contributed by atoms with E-state index in [-0.39, 0.29) is 5.95 Å². The van der Waals surface area contributed by atoms with Crippen molar-refractivity contribution >= 4 is 33.6 Å². The fraction of sp³-hybridized carbons (Fsp3) is 0.200. The van der Waals surface area contributed by atoms with E-state index < -0.39 is 0 Å². The van der Waals surface area contributed by atoms with Crippen molar-refractivity contribution in [2.45, 2.75) is 26.2 Å². The highest BCUT2D eigenvalue weighted by atomic mass is 15.0. The van der Waals surface area contributed by atoms with Gasteiger partial charge in [-0.05, 0) is 41.2 Å². The van der Waals surface area contributed by atoms with Crippen molar-refractivity contribution < 1.29 is 0 Å².